The van der Waals surface area contributed by atoms with Crippen molar-refractivity contribution < 1.29 is 9.18 Å². The van der Waals surface area contributed by atoms with Gasteiger partial charge in [-0.05, 0) is 60.4 Å². The molecule has 28 heavy (non-hydrogen) atoms. The Hall–Kier alpha value is -3.28. The van der Waals surface area contributed by atoms with E-state index in [0.29, 0.717) is 24.5 Å². The van der Waals surface area contributed by atoms with Crippen LogP contribution >= 0.6 is 0 Å². The molecule has 0 fully saturated rings. The fraction of sp³-hybridized carbons (Fsp3) is 0.227. The van der Waals surface area contributed by atoms with Crippen molar-refractivity contribution in [3.05, 3.63) is 89.6 Å². The zero-order valence-corrected chi connectivity index (χ0v) is 15.8. The maximum Gasteiger partial charge on any atom is 0.253 e. The predicted molar refractivity (Wildman–Crippen MR) is 108 cm³/mol. The quantitative estimate of drug-likeness (QED) is 0.651. The zero-order chi connectivity index (χ0) is 19.8. The van der Waals surface area contributed by atoms with E-state index in [1.54, 1.807) is 54.8 Å². The number of rotatable bonds is 8. The molecule has 0 atom stereocenters. The number of nitrogens with one attached hydrogen (secondary N) is 1. The van der Waals surface area contributed by atoms with Crippen molar-refractivity contribution in [3.63, 3.8) is 0 Å². The summed E-state index contributed by atoms with van der Waals surface area (Å²) in [6.07, 6.45) is 6.66. The van der Waals surface area contributed by atoms with Gasteiger partial charge in [0.15, 0.2) is 0 Å². The average molecular weight is 378 g/mol. The lowest BCUT2D eigenvalue weighted by molar-refractivity contribution is 0.0796. The van der Waals surface area contributed by atoms with Crippen molar-refractivity contribution in [3.8, 4) is 0 Å². The van der Waals surface area contributed by atoms with Crippen molar-refractivity contribution >= 4 is 11.7 Å². The van der Waals surface area contributed by atoms with Crippen molar-refractivity contribution in [2.45, 2.75) is 12.8 Å². The number of halogens is 1. The predicted octanol–water partition coefficient (Wildman–Crippen LogP) is 3.59. The minimum atomic E-state index is -0.238. The highest BCUT2D eigenvalue weighted by molar-refractivity contribution is 5.94. The highest BCUT2D eigenvalue weighted by Gasteiger charge is 2.12. The summed E-state index contributed by atoms with van der Waals surface area (Å²) in [6, 6.07) is 13.8. The van der Waals surface area contributed by atoms with E-state index in [9.17, 15) is 9.18 Å². The van der Waals surface area contributed by atoms with Crippen LogP contribution in [-0.2, 0) is 12.8 Å². The fourth-order valence-electron chi connectivity index (χ4n) is 2.81. The number of benzene rings is 1. The smallest absolute Gasteiger partial charge is 0.253 e. The molecular weight excluding hydrogens is 355 g/mol. The van der Waals surface area contributed by atoms with Gasteiger partial charge in [0.1, 0.15) is 11.6 Å². The molecule has 0 bridgehead atoms. The van der Waals surface area contributed by atoms with Crippen LogP contribution in [0.5, 0.6) is 0 Å². The third-order valence-corrected chi connectivity index (χ3v) is 4.47. The van der Waals surface area contributed by atoms with E-state index >= 15 is 0 Å². The van der Waals surface area contributed by atoms with Crippen molar-refractivity contribution in [2.24, 2.45) is 0 Å². The van der Waals surface area contributed by atoms with Crippen LogP contribution in [0.15, 0.2) is 67.1 Å². The Balaban J connectivity index is 1.52. The standard InChI is InChI=1S/C22H23FN4O/c1-27(15-10-18-6-11-24-12-7-18)22(28)19-9-14-26-21(16-19)25-13-8-17-2-4-20(23)5-3-17/h2-7,9,11-12,14,16H,8,10,13,15H2,1H3,(H,25,26). The lowest BCUT2D eigenvalue weighted by atomic mass is 10.1. The second kappa shape index (κ2) is 9.60. The molecule has 0 aliphatic heterocycles. The summed E-state index contributed by atoms with van der Waals surface area (Å²) in [5, 5.41) is 3.22. The maximum atomic E-state index is 12.9. The van der Waals surface area contributed by atoms with Gasteiger partial charge in [-0.1, -0.05) is 12.1 Å². The number of hydrogen-bond donors (Lipinski definition) is 1. The third-order valence-electron chi connectivity index (χ3n) is 4.47. The molecular formula is C22H23FN4O. The second-order valence-corrected chi connectivity index (χ2v) is 6.57. The third kappa shape index (κ3) is 5.61. The number of amides is 1. The van der Waals surface area contributed by atoms with Gasteiger partial charge < -0.3 is 10.2 Å². The summed E-state index contributed by atoms with van der Waals surface area (Å²) in [4.78, 5) is 22.6. The molecule has 1 N–H and O–H groups in total. The van der Waals surface area contributed by atoms with Gasteiger partial charge in [0.2, 0.25) is 0 Å². The lowest BCUT2D eigenvalue weighted by Gasteiger charge is -2.17. The van der Waals surface area contributed by atoms with Gasteiger partial charge in [0.05, 0.1) is 0 Å². The number of carbonyl (C=O) groups excluding carboxylic acids is 1. The molecule has 1 amide bonds. The van der Waals surface area contributed by atoms with E-state index in [4.69, 9.17) is 0 Å². The number of pyridine rings is 2. The number of nitrogens with zero attached hydrogens (tertiary/aromatic N) is 3. The molecule has 6 heteroatoms. The summed E-state index contributed by atoms with van der Waals surface area (Å²) in [6.45, 7) is 1.27. The Morgan fingerprint density at radius 2 is 1.71 bits per heavy atom. The lowest BCUT2D eigenvalue weighted by Crippen LogP contribution is -2.29. The van der Waals surface area contributed by atoms with Gasteiger partial charge in [0, 0.05) is 44.3 Å². The van der Waals surface area contributed by atoms with Gasteiger partial charge in [-0.3, -0.25) is 9.78 Å². The molecule has 2 aromatic heterocycles. The molecule has 0 unspecified atom stereocenters. The molecule has 3 aromatic rings. The van der Waals surface area contributed by atoms with Crippen molar-refractivity contribution in [2.75, 3.05) is 25.5 Å². The number of hydrogen-bond acceptors (Lipinski definition) is 4. The van der Waals surface area contributed by atoms with Crippen LogP contribution in [0.3, 0.4) is 0 Å². The summed E-state index contributed by atoms with van der Waals surface area (Å²) in [5.74, 6) is 0.367. The first-order valence-corrected chi connectivity index (χ1v) is 9.20. The van der Waals surface area contributed by atoms with Crippen LogP contribution in [0.4, 0.5) is 10.2 Å². The Labute approximate surface area is 164 Å². The average Bonchev–Trinajstić information content (AvgIpc) is 2.74. The first-order chi connectivity index (χ1) is 13.6. The van der Waals surface area contributed by atoms with Crippen LogP contribution < -0.4 is 5.32 Å². The van der Waals surface area contributed by atoms with Crippen LogP contribution in [0.1, 0.15) is 21.5 Å². The zero-order valence-electron chi connectivity index (χ0n) is 15.8. The summed E-state index contributed by atoms with van der Waals surface area (Å²) in [7, 11) is 1.80. The number of anilines is 1. The van der Waals surface area contributed by atoms with Crippen LogP contribution in [0, 0.1) is 5.82 Å². The summed E-state index contributed by atoms with van der Waals surface area (Å²) >= 11 is 0. The van der Waals surface area contributed by atoms with E-state index < -0.39 is 0 Å². The molecule has 0 saturated carbocycles. The highest BCUT2D eigenvalue weighted by atomic mass is 19.1. The number of likely N-dealkylation sites (N-methyl/N-ethyl adjacent to an activating group) is 1. The minimum Gasteiger partial charge on any atom is -0.370 e. The molecule has 3 rings (SSSR count). The van der Waals surface area contributed by atoms with E-state index in [1.807, 2.05) is 12.1 Å². The Morgan fingerprint density at radius 1 is 1.00 bits per heavy atom. The maximum absolute atomic E-state index is 12.9. The molecule has 2 heterocycles. The van der Waals surface area contributed by atoms with E-state index in [0.717, 1.165) is 24.0 Å². The van der Waals surface area contributed by atoms with Gasteiger partial charge in [-0.15, -0.1) is 0 Å². The largest absolute Gasteiger partial charge is 0.370 e. The van der Waals surface area contributed by atoms with Crippen molar-refractivity contribution in [1.82, 2.24) is 14.9 Å². The van der Waals surface area contributed by atoms with Crippen molar-refractivity contribution in [1.29, 1.82) is 0 Å². The Morgan fingerprint density at radius 3 is 2.46 bits per heavy atom. The summed E-state index contributed by atoms with van der Waals surface area (Å²) in [5.41, 5.74) is 2.78. The van der Waals surface area contributed by atoms with Gasteiger partial charge in [-0.25, -0.2) is 9.37 Å². The minimum absolute atomic E-state index is 0.0435. The monoisotopic (exact) mass is 378 g/mol. The fourth-order valence-corrected chi connectivity index (χ4v) is 2.81. The molecule has 1 aromatic carbocycles. The van der Waals surface area contributed by atoms with Crippen LogP contribution in [0.2, 0.25) is 0 Å². The van der Waals surface area contributed by atoms with Gasteiger partial charge in [-0.2, -0.15) is 0 Å². The van der Waals surface area contributed by atoms with E-state index in [-0.39, 0.29) is 11.7 Å². The van der Waals surface area contributed by atoms with Crippen LogP contribution in [-0.4, -0.2) is 40.9 Å². The highest BCUT2D eigenvalue weighted by Crippen LogP contribution is 2.11. The molecule has 0 aliphatic carbocycles. The molecule has 5 nitrogen and oxygen atoms in total. The topological polar surface area (TPSA) is 58.1 Å². The first-order valence-electron chi connectivity index (χ1n) is 9.20. The normalized spacial score (nSPS) is 10.5. The molecule has 0 saturated heterocycles. The Bertz CT molecular complexity index is 900. The van der Waals surface area contributed by atoms with Gasteiger partial charge >= 0.3 is 0 Å². The van der Waals surface area contributed by atoms with Crippen LogP contribution in [0.25, 0.3) is 0 Å². The second-order valence-electron chi connectivity index (χ2n) is 6.57. The SMILES string of the molecule is CN(CCc1ccncc1)C(=O)c1ccnc(NCCc2ccc(F)cc2)c1. The van der Waals surface area contributed by atoms with E-state index in [1.165, 1.54) is 12.1 Å². The van der Waals surface area contributed by atoms with E-state index in [2.05, 4.69) is 15.3 Å². The molecule has 0 spiro atoms. The molecule has 0 radical (unpaired) electrons. The molecule has 144 valence electrons. The molecule has 0 aliphatic rings. The number of aromatic nitrogens is 2. The summed E-state index contributed by atoms with van der Waals surface area (Å²) < 4.78 is 12.9. The van der Waals surface area contributed by atoms with Gasteiger partial charge in [0.25, 0.3) is 5.91 Å². The number of carbonyl (C=O) groups is 1. The first kappa shape index (κ1) is 19.5. The Kier molecular flexibility index (Phi) is 6.68.